The van der Waals surface area contributed by atoms with Gasteiger partial charge in [0.25, 0.3) is 0 Å². The van der Waals surface area contributed by atoms with Crippen LogP contribution in [-0.4, -0.2) is 46.5 Å². The molecule has 0 aliphatic carbocycles. The predicted molar refractivity (Wildman–Crippen MR) is 90.3 cm³/mol. The van der Waals surface area contributed by atoms with Gasteiger partial charge in [0.15, 0.2) is 0 Å². The summed E-state index contributed by atoms with van der Waals surface area (Å²) in [4.78, 5) is 14.5. The highest BCUT2D eigenvalue weighted by Gasteiger charge is 2.23. The summed E-state index contributed by atoms with van der Waals surface area (Å²) >= 11 is 0. The van der Waals surface area contributed by atoms with Crippen LogP contribution in [0.15, 0.2) is 6.20 Å². The van der Waals surface area contributed by atoms with E-state index in [2.05, 4.69) is 17.3 Å². The van der Waals surface area contributed by atoms with E-state index in [1.165, 1.54) is 6.42 Å². The Labute approximate surface area is 139 Å². The second-order valence-electron chi connectivity index (χ2n) is 6.45. The largest absolute Gasteiger partial charge is 0.376 e. The molecule has 0 radical (unpaired) electrons. The first-order valence-electron chi connectivity index (χ1n) is 8.68. The zero-order chi connectivity index (χ0) is 16.8. The molecule has 2 heterocycles. The van der Waals surface area contributed by atoms with Gasteiger partial charge in [0.2, 0.25) is 0 Å². The summed E-state index contributed by atoms with van der Waals surface area (Å²) in [7, 11) is 1.90. The van der Waals surface area contributed by atoms with E-state index < -0.39 is 0 Å². The number of rotatable bonds is 6. The van der Waals surface area contributed by atoms with Crippen LogP contribution in [0.5, 0.6) is 0 Å². The number of nitrogens with zero attached hydrogens (tertiary/aromatic N) is 3. The lowest BCUT2D eigenvalue weighted by Crippen LogP contribution is -2.46. The number of hydrogen-bond acceptors (Lipinski definition) is 3. The van der Waals surface area contributed by atoms with Crippen LogP contribution in [-0.2, 0) is 11.8 Å². The first kappa shape index (κ1) is 17.8. The van der Waals surface area contributed by atoms with Gasteiger partial charge < -0.3 is 15.0 Å². The lowest BCUT2D eigenvalue weighted by molar-refractivity contribution is 0.000565. The van der Waals surface area contributed by atoms with E-state index in [4.69, 9.17) is 4.74 Å². The molecule has 23 heavy (non-hydrogen) atoms. The van der Waals surface area contributed by atoms with Crippen LogP contribution >= 0.6 is 0 Å². The molecule has 1 aliphatic rings. The van der Waals surface area contributed by atoms with Crippen LogP contribution in [0.25, 0.3) is 0 Å². The van der Waals surface area contributed by atoms with Crippen LogP contribution in [0.4, 0.5) is 4.79 Å². The van der Waals surface area contributed by atoms with Crippen molar-refractivity contribution >= 4 is 6.03 Å². The van der Waals surface area contributed by atoms with Crippen molar-refractivity contribution in [3.63, 3.8) is 0 Å². The highest BCUT2D eigenvalue weighted by Crippen LogP contribution is 2.17. The molecule has 1 N–H and O–H groups in total. The van der Waals surface area contributed by atoms with Crippen LogP contribution < -0.4 is 5.32 Å². The van der Waals surface area contributed by atoms with Gasteiger partial charge in [0, 0.05) is 38.5 Å². The molecule has 6 heteroatoms. The van der Waals surface area contributed by atoms with E-state index in [1.54, 1.807) is 4.68 Å². The monoisotopic (exact) mass is 322 g/mol. The van der Waals surface area contributed by atoms with Gasteiger partial charge >= 0.3 is 6.03 Å². The Balaban J connectivity index is 1.95. The van der Waals surface area contributed by atoms with Crippen molar-refractivity contribution in [3.8, 4) is 0 Å². The van der Waals surface area contributed by atoms with Gasteiger partial charge in [-0.15, -0.1) is 0 Å². The van der Waals surface area contributed by atoms with Crippen molar-refractivity contribution in [2.24, 2.45) is 7.05 Å². The quantitative estimate of drug-likeness (QED) is 0.876. The Hall–Kier alpha value is -1.56. The molecule has 0 spiro atoms. The molecule has 1 fully saturated rings. The highest BCUT2D eigenvalue weighted by atomic mass is 16.5. The molecule has 0 aromatic carbocycles. The molecule has 0 unspecified atom stereocenters. The maximum Gasteiger partial charge on any atom is 0.317 e. The van der Waals surface area contributed by atoms with Gasteiger partial charge in [0.1, 0.15) is 0 Å². The second kappa shape index (κ2) is 8.34. The average molecular weight is 322 g/mol. The van der Waals surface area contributed by atoms with E-state index in [0.717, 1.165) is 43.7 Å². The first-order valence-corrected chi connectivity index (χ1v) is 8.68. The summed E-state index contributed by atoms with van der Waals surface area (Å²) in [5, 5.41) is 7.45. The molecular weight excluding hydrogens is 292 g/mol. The van der Waals surface area contributed by atoms with Crippen molar-refractivity contribution in [2.75, 3.05) is 19.7 Å². The number of aryl methyl sites for hydroxylation is 2. The number of hydrogen-bond donors (Lipinski definition) is 1. The minimum atomic E-state index is -0.0529. The third kappa shape index (κ3) is 4.96. The number of carbonyl (C=O) groups excluding carboxylic acids is 1. The Morgan fingerprint density at radius 2 is 2.35 bits per heavy atom. The summed E-state index contributed by atoms with van der Waals surface area (Å²) in [6.45, 7) is 8.32. The van der Waals surface area contributed by atoms with E-state index in [1.807, 2.05) is 32.0 Å². The maximum absolute atomic E-state index is 12.6. The number of amides is 2. The van der Waals surface area contributed by atoms with E-state index >= 15 is 0 Å². The van der Waals surface area contributed by atoms with Gasteiger partial charge in [-0.3, -0.25) is 4.68 Å². The van der Waals surface area contributed by atoms with Gasteiger partial charge in [-0.25, -0.2) is 4.79 Å². The lowest BCUT2D eigenvalue weighted by Gasteiger charge is -2.30. The first-order chi connectivity index (χ1) is 11.0. The van der Waals surface area contributed by atoms with Gasteiger partial charge in [-0.05, 0) is 39.5 Å². The zero-order valence-electron chi connectivity index (χ0n) is 14.8. The summed E-state index contributed by atoms with van der Waals surface area (Å²) < 4.78 is 7.57. The molecule has 0 saturated carbocycles. The fourth-order valence-electron chi connectivity index (χ4n) is 3.14. The standard InChI is InChI=1S/C17H30N4O2/c1-5-9-21(11-15-8-6-7-10-23-15)17(22)18-13(2)16-12-20(4)19-14(16)3/h12-13,15H,5-11H2,1-4H3,(H,18,22)/t13-,15+/m0/s1. The van der Waals surface area contributed by atoms with Crippen molar-refractivity contribution in [1.29, 1.82) is 0 Å². The number of urea groups is 1. The Kier molecular flexibility index (Phi) is 6.45. The normalized spacial score (nSPS) is 19.4. The topological polar surface area (TPSA) is 59.4 Å². The molecule has 0 bridgehead atoms. The number of nitrogens with one attached hydrogen (secondary N) is 1. The Bertz CT molecular complexity index is 509. The second-order valence-corrected chi connectivity index (χ2v) is 6.45. The lowest BCUT2D eigenvalue weighted by atomic mass is 10.1. The van der Waals surface area contributed by atoms with Gasteiger partial charge in [0.05, 0.1) is 17.8 Å². The van der Waals surface area contributed by atoms with E-state index in [9.17, 15) is 4.79 Å². The summed E-state index contributed by atoms with van der Waals surface area (Å²) in [5.74, 6) is 0. The number of ether oxygens (including phenoxy) is 1. The molecule has 1 aromatic heterocycles. The summed E-state index contributed by atoms with van der Waals surface area (Å²) in [5.41, 5.74) is 2.02. The molecule has 2 amide bonds. The molecule has 2 rings (SSSR count). The van der Waals surface area contributed by atoms with Crippen LogP contribution in [0, 0.1) is 6.92 Å². The zero-order valence-corrected chi connectivity index (χ0v) is 14.8. The molecule has 6 nitrogen and oxygen atoms in total. The molecule has 130 valence electrons. The number of carbonyl (C=O) groups is 1. The van der Waals surface area contributed by atoms with Gasteiger partial charge in [-0.1, -0.05) is 6.92 Å². The molecule has 1 aromatic rings. The van der Waals surface area contributed by atoms with Crippen LogP contribution in [0.1, 0.15) is 56.8 Å². The fourth-order valence-corrected chi connectivity index (χ4v) is 3.14. The van der Waals surface area contributed by atoms with E-state index in [0.29, 0.717) is 6.54 Å². The fraction of sp³-hybridized carbons (Fsp3) is 0.765. The molecular formula is C17H30N4O2. The van der Waals surface area contributed by atoms with Crippen LogP contribution in [0.3, 0.4) is 0 Å². The maximum atomic E-state index is 12.6. The van der Waals surface area contributed by atoms with Crippen molar-refractivity contribution in [2.45, 2.75) is 58.6 Å². The Morgan fingerprint density at radius 1 is 1.57 bits per heavy atom. The number of aromatic nitrogens is 2. The smallest absolute Gasteiger partial charge is 0.317 e. The Morgan fingerprint density at radius 3 is 2.91 bits per heavy atom. The summed E-state index contributed by atoms with van der Waals surface area (Å²) in [6, 6.07) is -0.0698. The highest BCUT2D eigenvalue weighted by molar-refractivity contribution is 5.74. The molecule has 2 atom stereocenters. The SMILES string of the molecule is CCCN(C[C@H]1CCCCO1)C(=O)N[C@@H](C)c1cn(C)nc1C. The van der Waals surface area contributed by atoms with Gasteiger partial charge in [-0.2, -0.15) is 5.10 Å². The predicted octanol–water partition coefficient (Wildman–Crippen LogP) is 2.78. The van der Waals surface area contributed by atoms with Crippen molar-refractivity contribution < 1.29 is 9.53 Å². The van der Waals surface area contributed by atoms with Crippen molar-refractivity contribution in [1.82, 2.24) is 20.0 Å². The third-order valence-electron chi connectivity index (χ3n) is 4.34. The molecule has 1 aliphatic heterocycles. The molecule has 1 saturated heterocycles. The summed E-state index contributed by atoms with van der Waals surface area (Å²) in [6.07, 6.45) is 6.46. The third-order valence-corrected chi connectivity index (χ3v) is 4.34. The van der Waals surface area contributed by atoms with Crippen LogP contribution in [0.2, 0.25) is 0 Å². The van der Waals surface area contributed by atoms with E-state index in [-0.39, 0.29) is 18.2 Å². The average Bonchev–Trinajstić information content (AvgIpc) is 2.86. The minimum Gasteiger partial charge on any atom is -0.376 e. The minimum absolute atomic E-state index is 0.0169. The van der Waals surface area contributed by atoms with Crippen molar-refractivity contribution in [3.05, 3.63) is 17.5 Å².